The van der Waals surface area contributed by atoms with Crippen LogP contribution in [-0.2, 0) is 5.60 Å². The lowest BCUT2D eigenvalue weighted by Gasteiger charge is -2.29. The fourth-order valence-corrected chi connectivity index (χ4v) is 1.29. The van der Waals surface area contributed by atoms with Gasteiger partial charge >= 0.3 is 6.18 Å². The number of rotatable bonds is 3. The maximum atomic E-state index is 12.8. The van der Waals surface area contributed by atoms with Crippen molar-refractivity contribution in [3.05, 3.63) is 42.2 Å². The summed E-state index contributed by atoms with van der Waals surface area (Å²) >= 11 is 0. The average molecular weight is 231 g/mol. The highest BCUT2D eigenvalue weighted by Gasteiger charge is 2.54. The van der Waals surface area contributed by atoms with Gasteiger partial charge in [-0.1, -0.05) is 18.2 Å². The molecule has 0 radical (unpaired) electrons. The van der Waals surface area contributed by atoms with Crippen LogP contribution in [0.3, 0.4) is 0 Å². The second-order valence-electron chi connectivity index (χ2n) is 3.37. The van der Waals surface area contributed by atoms with Gasteiger partial charge in [-0.3, -0.25) is 4.98 Å². The summed E-state index contributed by atoms with van der Waals surface area (Å²) in [6.45, 7) is 1.60. The number of aromatic nitrogens is 1. The number of pyridine rings is 1. The van der Waals surface area contributed by atoms with Gasteiger partial charge in [0.05, 0.1) is 0 Å². The van der Waals surface area contributed by atoms with Gasteiger partial charge in [0, 0.05) is 24.4 Å². The maximum Gasteiger partial charge on any atom is 0.421 e. The van der Waals surface area contributed by atoms with Gasteiger partial charge in [0.25, 0.3) is 0 Å². The molecule has 0 saturated carbocycles. The predicted molar refractivity (Wildman–Crippen MR) is 53.6 cm³/mol. The second kappa shape index (κ2) is 4.65. The summed E-state index contributed by atoms with van der Waals surface area (Å²) in [6, 6.07) is 2.58. The van der Waals surface area contributed by atoms with Gasteiger partial charge in [-0.2, -0.15) is 13.2 Å². The zero-order valence-corrected chi connectivity index (χ0v) is 8.70. The Morgan fingerprint density at radius 1 is 1.44 bits per heavy atom. The molecule has 2 nitrogen and oxygen atoms in total. The van der Waals surface area contributed by atoms with Gasteiger partial charge in [-0.15, -0.1) is 0 Å². The molecule has 0 aliphatic rings. The van der Waals surface area contributed by atoms with Crippen LogP contribution in [0.1, 0.15) is 18.9 Å². The van der Waals surface area contributed by atoms with Gasteiger partial charge in [0.15, 0.2) is 5.60 Å². The van der Waals surface area contributed by atoms with Crippen LogP contribution in [0.4, 0.5) is 13.2 Å². The smallest absolute Gasteiger partial charge is 0.376 e. The van der Waals surface area contributed by atoms with Crippen molar-refractivity contribution in [3.8, 4) is 0 Å². The molecule has 0 unspecified atom stereocenters. The lowest BCUT2D eigenvalue weighted by atomic mass is 9.91. The summed E-state index contributed by atoms with van der Waals surface area (Å²) in [5.41, 5.74) is -3.12. The molecule has 0 aliphatic heterocycles. The molecule has 0 aromatic carbocycles. The van der Waals surface area contributed by atoms with E-state index in [4.69, 9.17) is 0 Å². The zero-order chi connectivity index (χ0) is 12.2. The van der Waals surface area contributed by atoms with Crippen LogP contribution in [0.2, 0.25) is 0 Å². The van der Waals surface area contributed by atoms with Crippen LogP contribution in [0.25, 0.3) is 0 Å². The first-order chi connectivity index (χ1) is 7.42. The molecule has 0 aliphatic carbocycles. The summed E-state index contributed by atoms with van der Waals surface area (Å²) in [5, 5.41) is 9.73. The Bertz CT molecular complexity index is 361. The Balaban J connectivity index is 3.15. The van der Waals surface area contributed by atoms with Crippen LogP contribution < -0.4 is 0 Å². The van der Waals surface area contributed by atoms with Gasteiger partial charge in [-0.05, 0) is 13.0 Å². The lowest BCUT2D eigenvalue weighted by Crippen LogP contribution is -2.41. The van der Waals surface area contributed by atoms with E-state index in [-0.39, 0.29) is 5.56 Å². The molecule has 1 heterocycles. The van der Waals surface area contributed by atoms with Gasteiger partial charge in [0.1, 0.15) is 0 Å². The lowest BCUT2D eigenvalue weighted by molar-refractivity contribution is -0.265. The monoisotopic (exact) mass is 231 g/mol. The van der Waals surface area contributed by atoms with Crippen molar-refractivity contribution in [3.63, 3.8) is 0 Å². The quantitative estimate of drug-likeness (QED) is 0.811. The molecule has 1 N–H and O–H groups in total. The molecule has 88 valence electrons. The largest absolute Gasteiger partial charge is 0.421 e. The molecule has 0 amide bonds. The highest BCUT2D eigenvalue weighted by molar-refractivity contribution is 5.21. The average Bonchev–Trinajstić information content (AvgIpc) is 2.25. The third-order valence-corrected chi connectivity index (χ3v) is 2.26. The van der Waals surface area contributed by atoms with Crippen molar-refractivity contribution >= 4 is 0 Å². The van der Waals surface area contributed by atoms with E-state index in [9.17, 15) is 18.3 Å². The zero-order valence-electron chi connectivity index (χ0n) is 8.70. The molecule has 1 aromatic heterocycles. The van der Waals surface area contributed by atoms with E-state index in [0.717, 1.165) is 6.20 Å². The Kier molecular flexibility index (Phi) is 3.70. The summed E-state index contributed by atoms with van der Waals surface area (Å²) in [4.78, 5) is 3.59. The fraction of sp³-hybridized carbons (Fsp3) is 0.364. The SMILES string of the molecule is C/C=C\C[C@@](O)(c1cccnc1)C(F)(F)F. The van der Waals surface area contributed by atoms with E-state index in [0.29, 0.717) is 0 Å². The molecule has 5 heteroatoms. The van der Waals surface area contributed by atoms with E-state index in [1.807, 2.05) is 0 Å². The van der Waals surface area contributed by atoms with E-state index in [2.05, 4.69) is 4.98 Å². The van der Waals surface area contributed by atoms with Crippen molar-refractivity contribution in [2.75, 3.05) is 0 Å². The van der Waals surface area contributed by atoms with Crippen LogP contribution in [0.15, 0.2) is 36.7 Å². The van der Waals surface area contributed by atoms with Crippen LogP contribution >= 0.6 is 0 Å². The van der Waals surface area contributed by atoms with Crippen molar-refractivity contribution in [2.24, 2.45) is 0 Å². The fourth-order valence-electron chi connectivity index (χ4n) is 1.29. The second-order valence-corrected chi connectivity index (χ2v) is 3.37. The highest BCUT2D eigenvalue weighted by atomic mass is 19.4. The van der Waals surface area contributed by atoms with Crippen LogP contribution in [0.5, 0.6) is 0 Å². The summed E-state index contributed by atoms with van der Waals surface area (Å²) in [5.74, 6) is 0. The standard InChI is InChI=1S/C11H12F3NO/c1-2-3-6-10(16,11(12,13)14)9-5-4-7-15-8-9/h2-5,7-8,16H,6H2,1H3/b3-2-/t10-/m1/s1. The van der Waals surface area contributed by atoms with E-state index >= 15 is 0 Å². The molecular formula is C11H12F3NO. The molecule has 1 aromatic rings. The third kappa shape index (κ3) is 2.41. The van der Waals surface area contributed by atoms with E-state index in [1.165, 1.54) is 30.5 Å². The minimum atomic E-state index is -4.73. The molecular weight excluding hydrogens is 219 g/mol. The van der Waals surface area contributed by atoms with Crippen molar-refractivity contribution in [2.45, 2.75) is 25.1 Å². The number of hydrogen-bond donors (Lipinski definition) is 1. The molecule has 0 spiro atoms. The van der Waals surface area contributed by atoms with Gasteiger partial charge in [-0.25, -0.2) is 0 Å². The molecule has 16 heavy (non-hydrogen) atoms. The molecule has 0 saturated heterocycles. The van der Waals surface area contributed by atoms with Gasteiger partial charge in [0.2, 0.25) is 0 Å². The number of nitrogens with zero attached hydrogens (tertiary/aromatic N) is 1. The summed E-state index contributed by atoms with van der Waals surface area (Å²) < 4.78 is 38.4. The first kappa shape index (κ1) is 12.7. The Labute approximate surface area is 91.4 Å². The number of hydrogen-bond acceptors (Lipinski definition) is 2. The molecule has 0 fully saturated rings. The van der Waals surface area contributed by atoms with Crippen LogP contribution in [-0.4, -0.2) is 16.3 Å². The normalized spacial score (nSPS) is 16.3. The first-order valence-electron chi connectivity index (χ1n) is 4.72. The Morgan fingerprint density at radius 2 is 2.12 bits per heavy atom. The first-order valence-corrected chi connectivity index (χ1v) is 4.72. The van der Waals surface area contributed by atoms with Gasteiger partial charge < -0.3 is 5.11 Å². The van der Waals surface area contributed by atoms with Crippen molar-refractivity contribution in [1.82, 2.24) is 4.98 Å². The number of aliphatic hydroxyl groups is 1. The number of alkyl halides is 3. The third-order valence-electron chi connectivity index (χ3n) is 2.26. The number of halogens is 3. The minimum Gasteiger partial charge on any atom is -0.376 e. The Morgan fingerprint density at radius 3 is 2.56 bits per heavy atom. The van der Waals surface area contributed by atoms with Crippen LogP contribution in [0, 0.1) is 0 Å². The van der Waals surface area contributed by atoms with Crippen molar-refractivity contribution in [1.29, 1.82) is 0 Å². The van der Waals surface area contributed by atoms with Crippen molar-refractivity contribution < 1.29 is 18.3 Å². The molecule has 1 atom stereocenters. The number of allylic oxidation sites excluding steroid dienone is 1. The van der Waals surface area contributed by atoms with E-state index in [1.54, 1.807) is 6.92 Å². The van der Waals surface area contributed by atoms with E-state index < -0.39 is 18.2 Å². The predicted octanol–water partition coefficient (Wildman–Crippen LogP) is 2.80. The summed E-state index contributed by atoms with van der Waals surface area (Å²) in [7, 11) is 0. The highest BCUT2D eigenvalue weighted by Crippen LogP contribution is 2.41. The summed E-state index contributed by atoms with van der Waals surface area (Å²) in [6.07, 6.45) is -0.116. The Hall–Kier alpha value is -1.36. The topological polar surface area (TPSA) is 33.1 Å². The maximum absolute atomic E-state index is 12.8. The molecule has 1 rings (SSSR count). The minimum absolute atomic E-state index is 0.249. The molecule has 0 bridgehead atoms.